The van der Waals surface area contributed by atoms with E-state index < -0.39 is 6.04 Å². The normalized spacial score (nSPS) is 11.9. The van der Waals surface area contributed by atoms with Crippen LogP contribution in [0.15, 0.2) is 54.6 Å². The number of halogens is 1. The molecule has 0 aliphatic carbocycles. The fraction of sp³-hybridized carbons (Fsp3) is 0.417. The Morgan fingerprint density at radius 3 is 2.24 bits per heavy atom. The average molecular weight is 399 g/mol. The summed E-state index contributed by atoms with van der Waals surface area (Å²) in [5.74, 6) is -0.214. The maximum atomic E-state index is 13.3. The number of benzene rings is 2. The van der Waals surface area contributed by atoms with Crippen LogP contribution in [0.1, 0.15) is 44.7 Å². The molecule has 0 spiro atoms. The number of rotatable bonds is 10. The van der Waals surface area contributed by atoms with Crippen molar-refractivity contribution in [2.75, 3.05) is 6.54 Å². The molecule has 0 fully saturated rings. The van der Waals surface area contributed by atoms with Gasteiger partial charge in [-0.2, -0.15) is 0 Å². The molecule has 0 bridgehead atoms. The number of amides is 2. The Morgan fingerprint density at radius 2 is 1.66 bits per heavy atom. The lowest BCUT2D eigenvalue weighted by atomic mass is 10.1. The van der Waals surface area contributed by atoms with Crippen LogP contribution in [0.3, 0.4) is 0 Å². The highest BCUT2D eigenvalue weighted by molar-refractivity contribution is 5.87. The van der Waals surface area contributed by atoms with Crippen molar-refractivity contribution < 1.29 is 14.0 Å². The molecule has 2 aromatic carbocycles. The van der Waals surface area contributed by atoms with Crippen LogP contribution in [0.25, 0.3) is 0 Å². The van der Waals surface area contributed by atoms with Gasteiger partial charge in [0.2, 0.25) is 11.8 Å². The molecule has 4 nitrogen and oxygen atoms in total. The van der Waals surface area contributed by atoms with Gasteiger partial charge in [0, 0.05) is 19.5 Å². The Hall–Kier alpha value is -2.69. The van der Waals surface area contributed by atoms with Gasteiger partial charge >= 0.3 is 0 Å². The highest BCUT2D eigenvalue weighted by Gasteiger charge is 2.28. The number of hydrogen-bond acceptors (Lipinski definition) is 2. The lowest BCUT2D eigenvalue weighted by Crippen LogP contribution is -2.49. The lowest BCUT2D eigenvalue weighted by Gasteiger charge is -2.31. The molecule has 0 unspecified atom stereocenters. The van der Waals surface area contributed by atoms with Gasteiger partial charge in [0.05, 0.1) is 0 Å². The van der Waals surface area contributed by atoms with Gasteiger partial charge in [-0.05, 0) is 42.0 Å². The first kappa shape index (κ1) is 22.6. The van der Waals surface area contributed by atoms with E-state index in [0.29, 0.717) is 31.7 Å². The molecule has 0 radical (unpaired) electrons. The second-order valence-electron chi connectivity index (χ2n) is 7.70. The minimum atomic E-state index is -0.554. The fourth-order valence-electron chi connectivity index (χ4n) is 3.17. The van der Waals surface area contributed by atoms with Crippen molar-refractivity contribution in [3.05, 3.63) is 71.5 Å². The summed E-state index contributed by atoms with van der Waals surface area (Å²) in [5.41, 5.74) is 1.88. The number of carbonyl (C=O) groups excluding carboxylic acids is 2. The molecule has 0 saturated carbocycles. The Kier molecular flexibility index (Phi) is 8.84. The topological polar surface area (TPSA) is 49.4 Å². The van der Waals surface area contributed by atoms with E-state index in [2.05, 4.69) is 5.32 Å². The summed E-state index contributed by atoms with van der Waals surface area (Å²) < 4.78 is 13.3. The van der Waals surface area contributed by atoms with E-state index in [1.165, 1.54) is 12.1 Å². The number of aryl methyl sites for hydroxylation is 1. The molecule has 5 heteroatoms. The Morgan fingerprint density at radius 1 is 1.00 bits per heavy atom. The predicted molar refractivity (Wildman–Crippen MR) is 114 cm³/mol. The molecular formula is C24H31FN2O2. The third-order valence-electron chi connectivity index (χ3n) is 4.81. The van der Waals surface area contributed by atoms with Crippen LogP contribution in [0.5, 0.6) is 0 Å². The van der Waals surface area contributed by atoms with Crippen molar-refractivity contribution >= 4 is 11.8 Å². The summed E-state index contributed by atoms with van der Waals surface area (Å²) in [6.07, 6.45) is 1.45. The van der Waals surface area contributed by atoms with Crippen LogP contribution in [0.2, 0.25) is 0 Å². The SMILES string of the molecule is CC[C@H](C(=O)NCC(C)C)N(Cc1ccc(F)cc1)C(=O)CCc1ccccc1. The Labute approximate surface area is 173 Å². The molecular weight excluding hydrogens is 367 g/mol. The molecule has 2 amide bonds. The first-order valence-electron chi connectivity index (χ1n) is 10.3. The Bertz CT molecular complexity index is 775. The number of carbonyl (C=O) groups is 2. The second-order valence-corrected chi connectivity index (χ2v) is 7.70. The Balaban J connectivity index is 2.16. The van der Waals surface area contributed by atoms with Crippen LogP contribution < -0.4 is 5.32 Å². The van der Waals surface area contributed by atoms with Crippen molar-refractivity contribution in [2.24, 2.45) is 5.92 Å². The summed E-state index contributed by atoms with van der Waals surface area (Å²) in [6.45, 7) is 6.81. The zero-order valence-electron chi connectivity index (χ0n) is 17.5. The van der Waals surface area contributed by atoms with E-state index in [9.17, 15) is 14.0 Å². The molecule has 29 heavy (non-hydrogen) atoms. The minimum absolute atomic E-state index is 0.0790. The smallest absolute Gasteiger partial charge is 0.242 e. The quantitative estimate of drug-likeness (QED) is 0.647. The number of nitrogens with zero attached hydrogens (tertiary/aromatic N) is 1. The summed E-state index contributed by atoms with van der Waals surface area (Å²) >= 11 is 0. The van der Waals surface area contributed by atoms with Gasteiger partial charge in [0.25, 0.3) is 0 Å². The fourth-order valence-corrected chi connectivity index (χ4v) is 3.17. The van der Waals surface area contributed by atoms with Gasteiger partial charge in [-0.25, -0.2) is 4.39 Å². The minimum Gasteiger partial charge on any atom is -0.354 e. The van der Waals surface area contributed by atoms with E-state index in [4.69, 9.17) is 0 Å². The van der Waals surface area contributed by atoms with E-state index >= 15 is 0 Å². The monoisotopic (exact) mass is 398 g/mol. The van der Waals surface area contributed by atoms with Crippen molar-refractivity contribution in [1.29, 1.82) is 0 Å². The summed E-state index contributed by atoms with van der Waals surface area (Å²) in [6, 6.07) is 15.3. The highest BCUT2D eigenvalue weighted by atomic mass is 19.1. The van der Waals surface area contributed by atoms with Crippen LogP contribution >= 0.6 is 0 Å². The third kappa shape index (κ3) is 7.33. The first-order valence-corrected chi connectivity index (χ1v) is 10.3. The van der Waals surface area contributed by atoms with Crippen LogP contribution in [-0.2, 0) is 22.6 Å². The van der Waals surface area contributed by atoms with Gasteiger partial charge < -0.3 is 10.2 Å². The predicted octanol–water partition coefficient (Wildman–Crippen LogP) is 4.34. The maximum Gasteiger partial charge on any atom is 0.242 e. The van der Waals surface area contributed by atoms with Crippen molar-refractivity contribution in [3.8, 4) is 0 Å². The van der Waals surface area contributed by atoms with Crippen molar-refractivity contribution in [3.63, 3.8) is 0 Å². The van der Waals surface area contributed by atoms with Crippen molar-refractivity contribution in [2.45, 2.75) is 52.6 Å². The standard InChI is InChI=1S/C24H31FN2O2/c1-4-22(24(29)26-16-18(2)3)27(17-20-10-13-21(25)14-11-20)23(28)15-12-19-8-6-5-7-9-19/h5-11,13-14,18,22H,4,12,15-17H2,1-3H3,(H,26,29)/t22-/m1/s1. The maximum absolute atomic E-state index is 13.3. The number of nitrogens with one attached hydrogen (secondary N) is 1. The van der Waals surface area contributed by atoms with E-state index in [1.54, 1.807) is 17.0 Å². The van der Waals surface area contributed by atoms with Gasteiger partial charge in [0.15, 0.2) is 0 Å². The molecule has 0 saturated heterocycles. The molecule has 0 aliphatic heterocycles. The summed E-state index contributed by atoms with van der Waals surface area (Å²) in [4.78, 5) is 27.5. The van der Waals surface area contributed by atoms with Crippen molar-refractivity contribution in [1.82, 2.24) is 10.2 Å². The third-order valence-corrected chi connectivity index (χ3v) is 4.81. The molecule has 2 aromatic rings. The zero-order valence-corrected chi connectivity index (χ0v) is 17.5. The van der Waals surface area contributed by atoms with E-state index in [1.807, 2.05) is 51.1 Å². The molecule has 2 rings (SSSR count). The molecule has 156 valence electrons. The molecule has 0 aliphatic rings. The first-order chi connectivity index (χ1) is 13.9. The molecule has 0 aromatic heterocycles. The summed E-state index contributed by atoms with van der Waals surface area (Å²) in [5, 5.41) is 2.94. The van der Waals surface area contributed by atoms with Gasteiger partial charge in [0.1, 0.15) is 11.9 Å². The highest BCUT2D eigenvalue weighted by Crippen LogP contribution is 2.16. The molecule has 1 atom stereocenters. The van der Waals surface area contributed by atoms with Gasteiger partial charge in [-0.15, -0.1) is 0 Å². The second kappa shape index (κ2) is 11.3. The number of hydrogen-bond donors (Lipinski definition) is 1. The van der Waals surface area contributed by atoms with Crippen LogP contribution in [0.4, 0.5) is 4.39 Å². The average Bonchev–Trinajstić information content (AvgIpc) is 2.72. The van der Waals surface area contributed by atoms with Gasteiger partial charge in [-0.1, -0.05) is 63.2 Å². The lowest BCUT2D eigenvalue weighted by molar-refractivity contribution is -0.141. The van der Waals surface area contributed by atoms with Crippen LogP contribution in [0, 0.1) is 11.7 Å². The van der Waals surface area contributed by atoms with E-state index in [0.717, 1.165) is 11.1 Å². The van der Waals surface area contributed by atoms with Gasteiger partial charge in [-0.3, -0.25) is 9.59 Å². The zero-order chi connectivity index (χ0) is 21.2. The largest absolute Gasteiger partial charge is 0.354 e. The van der Waals surface area contributed by atoms with Crippen LogP contribution in [-0.4, -0.2) is 29.3 Å². The summed E-state index contributed by atoms with van der Waals surface area (Å²) in [7, 11) is 0. The molecule has 0 heterocycles. The molecule has 1 N–H and O–H groups in total. The van der Waals surface area contributed by atoms with E-state index in [-0.39, 0.29) is 24.2 Å².